The molecule has 0 aliphatic carbocycles. The number of hydrogen-bond donors (Lipinski definition) is 1. The summed E-state index contributed by atoms with van der Waals surface area (Å²) in [6.07, 6.45) is 0. The fourth-order valence-corrected chi connectivity index (χ4v) is 3.33. The van der Waals surface area contributed by atoms with E-state index in [2.05, 4.69) is 5.32 Å². The summed E-state index contributed by atoms with van der Waals surface area (Å²) in [7, 11) is -2.90. The summed E-state index contributed by atoms with van der Waals surface area (Å²) in [5.74, 6) is 0.386. The monoisotopic (exact) mass is 245 g/mol. The van der Waals surface area contributed by atoms with E-state index in [0.29, 0.717) is 11.6 Å². The summed E-state index contributed by atoms with van der Waals surface area (Å²) in [6.45, 7) is 0.513. The van der Waals surface area contributed by atoms with E-state index in [-0.39, 0.29) is 17.5 Å². The van der Waals surface area contributed by atoms with Crippen molar-refractivity contribution >= 4 is 21.4 Å². The van der Waals surface area contributed by atoms with Gasteiger partial charge in [0.2, 0.25) is 0 Å². The van der Waals surface area contributed by atoms with Gasteiger partial charge in [0.05, 0.1) is 11.5 Å². The van der Waals surface area contributed by atoms with Crippen molar-refractivity contribution in [2.45, 2.75) is 6.04 Å². The Morgan fingerprint density at radius 1 is 1.40 bits per heavy atom. The zero-order valence-corrected chi connectivity index (χ0v) is 9.68. The highest BCUT2D eigenvalue weighted by molar-refractivity contribution is 7.91. The third-order valence-corrected chi connectivity index (χ3v) is 4.38. The van der Waals surface area contributed by atoms with Crippen LogP contribution in [0.1, 0.15) is 11.6 Å². The minimum atomic E-state index is -2.90. The first kappa shape index (κ1) is 10.9. The zero-order valence-electron chi connectivity index (χ0n) is 8.11. The first-order valence-corrected chi connectivity index (χ1v) is 6.96. The van der Waals surface area contributed by atoms with Gasteiger partial charge in [-0.3, -0.25) is 0 Å². The summed E-state index contributed by atoms with van der Waals surface area (Å²) in [4.78, 5) is 0. The summed E-state index contributed by atoms with van der Waals surface area (Å²) < 4.78 is 22.9. The maximum atomic E-state index is 11.4. The molecule has 1 heterocycles. The summed E-state index contributed by atoms with van der Waals surface area (Å²) in [5, 5.41) is 3.82. The second-order valence-corrected chi connectivity index (χ2v) is 6.34. The lowest BCUT2D eigenvalue weighted by atomic mass is 10.1. The largest absolute Gasteiger partial charge is 0.308 e. The van der Waals surface area contributed by atoms with Crippen LogP contribution in [0.15, 0.2) is 24.3 Å². The van der Waals surface area contributed by atoms with E-state index in [4.69, 9.17) is 11.6 Å². The van der Waals surface area contributed by atoms with Crippen LogP contribution < -0.4 is 5.32 Å². The van der Waals surface area contributed by atoms with E-state index in [0.717, 1.165) is 5.56 Å². The van der Waals surface area contributed by atoms with Gasteiger partial charge in [-0.15, -0.1) is 0 Å². The lowest BCUT2D eigenvalue weighted by Gasteiger charge is -2.24. The first-order chi connectivity index (χ1) is 7.07. The SMILES string of the molecule is O=S1(=O)CCNC(c2cccc(Cl)c2)C1. The molecule has 0 bridgehead atoms. The molecule has 1 unspecified atom stereocenters. The van der Waals surface area contributed by atoms with Crippen molar-refractivity contribution in [1.29, 1.82) is 0 Å². The van der Waals surface area contributed by atoms with Gasteiger partial charge in [-0.05, 0) is 17.7 Å². The molecule has 1 atom stereocenters. The molecule has 0 radical (unpaired) electrons. The van der Waals surface area contributed by atoms with E-state index in [9.17, 15) is 8.42 Å². The molecule has 82 valence electrons. The molecule has 1 aromatic carbocycles. The van der Waals surface area contributed by atoms with Crippen molar-refractivity contribution in [1.82, 2.24) is 5.32 Å². The van der Waals surface area contributed by atoms with Crippen LogP contribution in [-0.4, -0.2) is 26.5 Å². The molecular weight excluding hydrogens is 234 g/mol. The summed E-state index contributed by atoms with van der Waals surface area (Å²) in [6, 6.07) is 7.19. The third kappa shape index (κ3) is 2.71. The summed E-state index contributed by atoms with van der Waals surface area (Å²) >= 11 is 5.86. The van der Waals surface area contributed by atoms with Crippen LogP contribution in [0.2, 0.25) is 5.02 Å². The molecule has 0 saturated carbocycles. The molecule has 15 heavy (non-hydrogen) atoms. The van der Waals surface area contributed by atoms with Crippen LogP contribution in [0.4, 0.5) is 0 Å². The molecule has 1 saturated heterocycles. The average Bonchev–Trinajstić information content (AvgIpc) is 2.16. The van der Waals surface area contributed by atoms with E-state index in [1.165, 1.54) is 0 Å². The normalized spacial score (nSPS) is 25.0. The molecule has 0 aromatic heterocycles. The molecule has 1 fully saturated rings. The maximum absolute atomic E-state index is 11.4. The molecule has 1 aliphatic rings. The van der Waals surface area contributed by atoms with Gasteiger partial charge in [-0.2, -0.15) is 0 Å². The number of nitrogens with one attached hydrogen (secondary N) is 1. The molecule has 3 nitrogen and oxygen atoms in total. The Hall–Kier alpha value is -0.580. The van der Waals surface area contributed by atoms with Gasteiger partial charge >= 0.3 is 0 Å². The molecule has 0 spiro atoms. The Labute approximate surface area is 94.4 Å². The van der Waals surface area contributed by atoms with Crippen molar-refractivity contribution in [3.63, 3.8) is 0 Å². The number of rotatable bonds is 1. The van der Waals surface area contributed by atoms with Crippen molar-refractivity contribution in [2.75, 3.05) is 18.1 Å². The molecule has 1 aliphatic heterocycles. The Bertz CT molecular complexity index is 458. The minimum Gasteiger partial charge on any atom is -0.308 e. The standard InChI is InChI=1S/C10H12ClNO2S/c11-9-3-1-2-8(6-9)10-7-15(13,14)5-4-12-10/h1-3,6,10,12H,4-5,7H2. The first-order valence-electron chi connectivity index (χ1n) is 4.76. The molecular formula is C10H12ClNO2S. The lowest BCUT2D eigenvalue weighted by molar-refractivity contribution is 0.531. The third-order valence-electron chi connectivity index (χ3n) is 2.48. The van der Waals surface area contributed by atoms with Gasteiger partial charge in [0.25, 0.3) is 0 Å². The highest BCUT2D eigenvalue weighted by atomic mass is 35.5. The Morgan fingerprint density at radius 2 is 2.20 bits per heavy atom. The number of halogens is 1. The Morgan fingerprint density at radius 3 is 2.87 bits per heavy atom. The van der Waals surface area contributed by atoms with E-state index in [1.54, 1.807) is 12.1 Å². The van der Waals surface area contributed by atoms with E-state index < -0.39 is 9.84 Å². The highest BCUT2D eigenvalue weighted by Gasteiger charge is 2.25. The highest BCUT2D eigenvalue weighted by Crippen LogP contribution is 2.21. The van der Waals surface area contributed by atoms with Gasteiger partial charge in [0.1, 0.15) is 0 Å². The van der Waals surface area contributed by atoms with E-state index >= 15 is 0 Å². The number of hydrogen-bond acceptors (Lipinski definition) is 3. The van der Waals surface area contributed by atoms with Crippen molar-refractivity contribution in [3.05, 3.63) is 34.9 Å². The van der Waals surface area contributed by atoms with Gasteiger partial charge < -0.3 is 5.32 Å². The van der Waals surface area contributed by atoms with Gasteiger partial charge in [-0.1, -0.05) is 23.7 Å². The van der Waals surface area contributed by atoms with Crippen LogP contribution in [0.3, 0.4) is 0 Å². The lowest BCUT2D eigenvalue weighted by Crippen LogP contribution is -2.39. The van der Waals surface area contributed by atoms with E-state index in [1.807, 2.05) is 12.1 Å². The molecule has 5 heteroatoms. The van der Waals surface area contributed by atoms with Crippen molar-refractivity contribution < 1.29 is 8.42 Å². The van der Waals surface area contributed by atoms with Crippen LogP contribution in [0.5, 0.6) is 0 Å². The van der Waals surface area contributed by atoms with Crippen LogP contribution >= 0.6 is 11.6 Å². The topological polar surface area (TPSA) is 46.2 Å². The predicted molar refractivity (Wildman–Crippen MR) is 60.8 cm³/mol. The van der Waals surface area contributed by atoms with Crippen molar-refractivity contribution in [3.8, 4) is 0 Å². The Balaban J connectivity index is 2.24. The van der Waals surface area contributed by atoms with Crippen LogP contribution in [0.25, 0.3) is 0 Å². The molecule has 2 rings (SSSR count). The Kier molecular flexibility index (Phi) is 3.00. The smallest absolute Gasteiger partial charge is 0.153 e. The number of sulfone groups is 1. The summed E-state index contributed by atoms with van der Waals surface area (Å²) in [5.41, 5.74) is 0.936. The zero-order chi connectivity index (χ0) is 10.9. The second-order valence-electron chi connectivity index (χ2n) is 3.68. The van der Waals surface area contributed by atoms with Crippen LogP contribution in [-0.2, 0) is 9.84 Å². The van der Waals surface area contributed by atoms with Gasteiger partial charge in [0, 0.05) is 17.6 Å². The fourth-order valence-electron chi connectivity index (χ4n) is 1.72. The van der Waals surface area contributed by atoms with Gasteiger partial charge in [0.15, 0.2) is 9.84 Å². The van der Waals surface area contributed by atoms with Gasteiger partial charge in [-0.25, -0.2) is 8.42 Å². The van der Waals surface area contributed by atoms with Crippen molar-refractivity contribution in [2.24, 2.45) is 0 Å². The predicted octanol–water partition coefficient (Wildman–Crippen LogP) is 1.40. The maximum Gasteiger partial charge on any atom is 0.153 e. The van der Waals surface area contributed by atoms with Crippen LogP contribution in [0, 0.1) is 0 Å². The average molecular weight is 246 g/mol. The molecule has 1 N–H and O–H groups in total. The molecule has 1 aromatic rings. The minimum absolute atomic E-state index is 0.123. The quantitative estimate of drug-likeness (QED) is 0.814. The number of benzene rings is 1. The fraction of sp³-hybridized carbons (Fsp3) is 0.400. The second kappa shape index (κ2) is 4.12. The molecule has 0 amide bonds.